The summed E-state index contributed by atoms with van der Waals surface area (Å²) in [6, 6.07) is 12.4. The van der Waals surface area contributed by atoms with E-state index in [4.69, 9.17) is 33.7 Å². The molecule has 0 atom stereocenters. The first kappa shape index (κ1) is 27.1. The maximum atomic E-state index is 13.5. The van der Waals surface area contributed by atoms with Crippen molar-refractivity contribution in [2.45, 2.75) is 33.0 Å². The first-order valence-electron chi connectivity index (χ1n) is 11.3. The molecule has 1 heterocycles. The summed E-state index contributed by atoms with van der Waals surface area (Å²) >= 11 is 12.1. The van der Waals surface area contributed by atoms with E-state index in [0.717, 1.165) is 10.1 Å². The van der Waals surface area contributed by atoms with Crippen LogP contribution in [-0.4, -0.2) is 46.3 Å². The summed E-state index contributed by atoms with van der Waals surface area (Å²) in [7, 11) is 1.58. The van der Waals surface area contributed by atoms with Gasteiger partial charge in [0.1, 0.15) is 5.75 Å². The molecule has 0 fully saturated rings. The first-order chi connectivity index (χ1) is 17.2. The van der Waals surface area contributed by atoms with Crippen LogP contribution in [0.2, 0.25) is 10.0 Å². The molecule has 36 heavy (non-hydrogen) atoms. The Kier molecular flexibility index (Phi) is 9.38. The van der Waals surface area contributed by atoms with Gasteiger partial charge in [-0.1, -0.05) is 41.4 Å². The minimum absolute atomic E-state index is 0.00779. The van der Waals surface area contributed by atoms with Crippen molar-refractivity contribution in [2.24, 2.45) is 10.7 Å². The van der Waals surface area contributed by atoms with E-state index in [2.05, 4.69) is 20.6 Å². The molecular weight excluding hydrogens is 505 g/mol. The number of nitrogens with two attached hydrogens (primary N) is 1. The number of hydrogen-bond acceptors (Lipinski definition) is 6. The van der Waals surface area contributed by atoms with Crippen molar-refractivity contribution in [3.63, 3.8) is 0 Å². The number of ether oxygens (including phenoxy) is 1. The van der Waals surface area contributed by atoms with Crippen molar-refractivity contribution in [1.29, 1.82) is 0 Å². The van der Waals surface area contributed by atoms with Crippen molar-refractivity contribution in [3.8, 4) is 5.75 Å². The van der Waals surface area contributed by atoms with Gasteiger partial charge in [-0.2, -0.15) is 4.98 Å². The molecule has 0 aliphatic carbocycles. The van der Waals surface area contributed by atoms with Gasteiger partial charge in [-0.25, -0.2) is 14.2 Å². The Balaban J connectivity index is 1.92. The lowest BCUT2D eigenvalue weighted by atomic mass is 10.2. The third kappa shape index (κ3) is 7.25. The lowest BCUT2D eigenvalue weighted by molar-refractivity contribution is 0.414. The molecule has 0 saturated carbocycles. The Morgan fingerprint density at radius 3 is 2.36 bits per heavy atom. The summed E-state index contributed by atoms with van der Waals surface area (Å²) in [5.74, 6) is 1.14. The number of aromatic nitrogens is 3. The highest BCUT2D eigenvalue weighted by Gasteiger charge is 2.15. The minimum Gasteiger partial charge on any atom is -0.497 e. The van der Waals surface area contributed by atoms with Gasteiger partial charge in [0, 0.05) is 12.6 Å². The van der Waals surface area contributed by atoms with Gasteiger partial charge in [0.05, 0.1) is 36.8 Å². The Labute approximate surface area is 218 Å². The highest BCUT2D eigenvalue weighted by atomic mass is 35.5. The molecule has 0 radical (unpaired) electrons. The fourth-order valence-electron chi connectivity index (χ4n) is 3.36. The van der Waals surface area contributed by atoms with Crippen LogP contribution in [0.15, 0.2) is 57.0 Å². The summed E-state index contributed by atoms with van der Waals surface area (Å²) in [4.78, 5) is 34.7. The van der Waals surface area contributed by atoms with Crippen LogP contribution in [0.3, 0.4) is 0 Å². The summed E-state index contributed by atoms with van der Waals surface area (Å²) < 4.78 is 7.66. The van der Waals surface area contributed by atoms with Crippen molar-refractivity contribution in [2.75, 3.05) is 25.5 Å². The number of methoxy groups -OCH3 is 1. The Hall–Kier alpha value is -3.50. The van der Waals surface area contributed by atoms with Crippen LogP contribution in [0.1, 0.15) is 25.0 Å². The molecule has 0 aliphatic rings. The van der Waals surface area contributed by atoms with Gasteiger partial charge in [-0.05, 0) is 49.2 Å². The molecule has 10 nitrogen and oxygen atoms in total. The smallest absolute Gasteiger partial charge is 0.355 e. The van der Waals surface area contributed by atoms with Crippen LogP contribution in [0.25, 0.3) is 0 Å². The number of nitrogens with zero attached hydrogens (tertiary/aromatic N) is 4. The molecule has 0 spiro atoms. The molecule has 3 aromatic rings. The van der Waals surface area contributed by atoms with Crippen molar-refractivity contribution in [3.05, 3.63) is 84.6 Å². The molecule has 4 N–H and O–H groups in total. The number of guanidine groups is 1. The van der Waals surface area contributed by atoms with Crippen LogP contribution in [-0.2, 0) is 13.1 Å². The van der Waals surface area contributed by atoms with Gasteiger partial charge in [0.2, 0.25) is 5.95 Å². The summed E-state index contributed by atoms with van der Waals surface area (Å²) in [6.45, 7) is 4.71. The maximum absolute atomic E-state index is 13.5. The fraction of sp³-hybridized carbons (Fsp3) is 0.333. The van der Waals surface area contributed by atoms with E-state index in [1.54, 1.807) is 37.4 Å². The van der Waals surface area contributed by atoms with Gasteiger partial charge >= 0.3 is 11.4 Å². The van der Waals surface area contributed by atoms with E-state index >= 15 is 0 Å². The number of aliphatic imine (C=N–C) groups is 1. The van der Waals surface area contributed by atoms with Crippen LogP contribution in [0.5, 0.6) is 5.75 Å². The normalized spacial score (nSPS) is 11.6. The van der Waals surface area contributed by atoms with Gasteiger partial charge in [0.15, 0.2) is 5.96 Å². The molecular formula is C24H29Cl2N7O3. The van der Waals surface area contributed by atoms with E-state index in [1.807, 2.05) is 26.0 Å². The summed E-state index contributed by atoms with van der Waals surface area (Å²) in [6.07, 6.45) is 0. The van der Waals surface area contributed by atoms with Gasteiger partial charge in [0.25, 0.3) is 0 Å². The molecule has 2 aromatic carbocycles. The SMILES string of the molecule is COc1ccc(Cn2c(NCCN=C(N)NC(C)C)nc(=O)n(Cc3ccc(Cl)c(Cl)c3)c2=O)cc1. The van der Waals surface area contributed by atoms with Gasteiger partial charge in [-0.3, -0.25) is 9.56 Å². The molecule has 0 unspecified atom stereocenters. The standard InChI is InChI=1S/C24H29Cl2N7O3/c1-15(2)30-21(27)28-10-11-29-22-31-23(34)33(14-17-6-9-19(25)20(26)12-17)24(35)32(22)13-16-4-7-18(36-3)8-5-16/h4-9,12,15H,10-11,13-14H2,1-3H3,(H3,27,28,30)(H,29,31,34). The third-order valence-corrected chi connectivity index (χ3v) is 5.83. The first-order valence-corrected chi connectivity index (χ1v) is 12.0. The van der Waals surface area contributed by atoms with Crippen molar-refractivity contribution in [1.82, 2.24) is 19.4 Å². The molecule has 12 heteroatoms. The lowest BCUT2D eigenvalue weighted by Gasteiger charge is -2.16. The minimum atomic E-state index is -0.691. The van der Waals surface area contributed by atoms with E-state index < -0.39 is 11.4 Å². The van der Waals surface area contributed by atoms with Crippen LogP contribution < -0.4 is 32.5 Å². The Bertz CT molecular complexity index is 1340. The van der Waals surface area contributed by atoms with Gasteiger partial charge < -0.3 is 21.1 Å². The molecule has 0 aliphatic heterocycles. The zero-order valence-corrected chi connectivity index (χ0v) is 21.8. The number of benzene rings is 2. The Morgan fingerprint density at radius 1 is 1.06 bits per heavy atom. The topological polar surface area (TPSA) is 129 Å². The second-order valence-electron chi connectivity index (χ2n) is 8.26. The predicted octanol–water partition coefficient (Wildman–Crippen LogP) is 2.54. The molecule has 0 saturated heterocycles. The zero-order valence-electron chi connectivity index (χ0n) is 20.3. The molecule has 1 aromatic heterocycles. The van der Waals surface area contributed by atoms with E-state index in [0.29, 0.717) is 40.4 Å². The second kappa shape index (κ2) is 12.5. The number of hydrogen-bond donors (Lipinski definition) is 3. The number of anilines is 1. The predicted molar refractivity (Wildman–Crippen MR) is 144 cm³/mol. The second-order valence-corrected chi connectivity index (χ2v) is 9.08. The molecule has 0 amide bonds. The largest absolute Gasteiger partial charge is 0.497 e. The van der Waals surface area contributed by atoms with E-state index in [9.17, 15) is 9.59 Å². The Morgan fingerprint density at radius 2 is 1.72 bits per heavy atom. The van der Waals surface area contributed by atoms with Crippen LogP contribution in [0.4, 0.5) is 5.95 Å². The van der Waals surface area contributed by atoms with Crippen molar-refractivity contribution >= 4 is 35.1 Å². The molecule has 3 rings (SSSR count). The lowest BCUT2D eigenvalue weighted by Crippen LogP contribution is -2.43. The quantitative estimate of drug-likeness (QED) is 0.207. The number of nitrogens with one attached hydrogen (secondary N) is 2. The molecule has 0 bridgehead atoms. The fourth-order valence-corrected chi connectivity index (χ4v) is 3.68. The summed E-state index contributed by atoms with van der Waals surface area (Å²) in [5.41, 5.74) is 6.08. The zero-order chi connectivity index (χ0) is 26.2. The molecule has 192 valence electrons. The maximum Gasteiger partial charge on any atom is 0.355 e. The van der Waals surface area contributed by atoms with Crippen LogP contribution in [0, 0.1) is 0 Å². The average molecular weight is 534 g/mol. The van der Waals surface area contributed by atoms with Crippen LogP contribution >= 0.6 is 23.2 Å². The van der Waals surface area contributed by atoms with E-state index in [-0.39, 0.29) is 25.1 Å². The average Bonchev–Trinajstić information content (AvgIpc) is 2.84. The van der Waals surface area contributed by atoms with Crippen molar-refractivity contribution < 1.29 is 4.74 Å². The van der Waals surface area contributed by atoms with Gasteiger partial charge in [-0.15, -0.1) is 0 Å². The number of rotatable bonds is 10. The third-order valence-electron chi connectivity index (χ3n) is 5.09. The number of halogens is 2. The highest BCUT2D eigenvalue weighted by Crippen LogP contribution is 2.22. The summed E-state index contributed by atoms with van der Waals surface area (Å²) in [5, 5.41) is 6.75. The monoisotopic (exact) mass is 533 g/mol. The van der Waals surface area contributed by atoms with E-state index in [1.165, 1.54) is 4.57 Å². The highest BCUT2D eigenvalue weighted by molar-refractivity contribution is 6.42.